The third kappa shape index (κ3) is 3.50. The third-order valence-corrected chi connectivity index (χ3v) is 3.71. The van der Waals surface area contributed by atoms with Crippen LogP contribution >= 0.6 is 11.6 Å². The lowest BCUT2D eigenvalue weighted by Crippen LogP contribution is -2.54. The Morgan fingerprint density at radius 2 is 2.35 bits per heavy atom. The molecule has 0 bridgehead atoms. The predicted octanol–water partition coefficient (Wildman–Crippen LogP) is 1.12. The molecule has 0 radical (unpaired) electrons. The second-order valence-corrected chi connectivity index (χ2v) is 5.14. The van der Waals surface area contributed by atoms with Gasteiger partial charge in [-0.2, -0.15) is 0 Å². The van der Waals surface area contributed by atoms with Crippen LogP contribution in [0, 0.1) is 0 Å². The lowest BCUT2D eigenvalue weighted by atomic mass is 10.0. The van der Waals surface area contributed by atoms with Crippen LogP contribution in [0.2, 0.25) is 5.15 Å². The molecule has 3 N–H and O–H groups in total. The summed E-state index contributed by atoms with van der Waals surface area (Å²) in [7, 11) is 0. The van der Waals surface area contributed by atoms with Crippen molar-refractivity contribution in [3.63, 3.8) is 0 Å². The van der Waals surface area contributed by atoms with Crippen LogP contribution in [0.3, 0.4) is 0 Å². The first-order valence-electron chi connectivity index (χ1n) is 7.03. The summed E-state index contributed by atoms with van der Waals surface area (Å²) >= 11 is 5.98. The molecule has 20 heavy (non-hydrogen) atoms. The number of imidazole rings is 1. The van der Waals surface area contributed by atoms with Crippen molar-refractivity contribution in [2.75, 3.05) is 19.7 Å². The van der Waals surface area contributed by atoms with E-state index in [1.54, 1.807) is 0 Å². The molecule has 1 amide bonds. The number of halogens is 1. The van der Waals surface area contributed by atoms with Crippen LogP contribution in [0.5, 0.6) is 0 Å². The van der Waals surface area contributed by atoms with Crippen LogP contribution in [-0.2, 0) is 11.2 Å². The average molecular weight is 301 g/mol. The van der Waals surface area contributed by atoms with E-state index in [4.69, 9.17) is 16.3 Å². The van der Waals surface area contributed by atoms with E-state index < -0.39 is 0 Å². The van der Waals surface area contributed by atoms with E-state index in [1.807, 2.05) is 13.8 Å². The summed E-state index contributed by atoms with van der Waals surface area (Å²) in [4.78, 5) is 19.2. The maximum Gasteiger partial charge on any atom is 0.287 e. The minimum atomic E-state index is -0.233. The first-order valence-corrected chi connectivity index (χ1v) is 7.41. The number of aromatic nitrogens is 2. The number of carbonyl (C=O) groups excluding carboxylic acids is 1. The zero-order valence-corrected chi connectivity index (χ0v) is 12.6. The summed E-state index contributed by atoms with van der Waals surface area (Å²) in [6.45, 7) is 6.14. The standard InChI is InChI=1S/C13H21ClN4O2/c1-3-8-11(14)18-12(16-8)13(19)17-9-5-6-15-7-10(9)20-4-2/h9-10,15H,3-7H2,1-2H3,(H,16,18)(H,17,19)/t9-,10+/m1/s1. The molecule has 2 atom stereocenters. The summed E-state index contributed by atoms with van der Waals surface area (Å²) in [5, 5.41) is 6.68. The maximum atomic E-state index is 12.2. The number of amides is 1. The number of rotatable bonds is 5. The number of nitrogens with one attached hydrogen (secondary N) is 3. The Morgan fingerprint density at radius 3 is 3.00 bits per heavy atom. The monoisotopic (exact) mass is 300 g/mol. The Morgan fingerprint density at radius 1 is 1.55 bits per heavy atom. The molecule has 1 aliphatic heterocycles. The van der Waals surface area contributed by atoms with Crippen LogP contribution in [-0.4, -0.2) is 47.7 Å². The van der Waals surface area contributed by atoms with Gasteiger partial charge in [-0.05, 0) is 26.3 Å². The summed E-state index contributed by atoms with van der Waals surface area (Å²) < 4.78 is 5.65. The van der Waals surface area contributed by atoms with Crippen LogP contribution in [0.4, 0.5) is 0 Å². The normalized spacial score (nSPS) is 22.8. The Balaban J connectivity index is 2.01. The van der Waals surface area contributed by atoms with Crippen LogP contribution in [0.1, 0.15) is 36.6 Å². The van der Waals surface area contributed by atoms with Gasteiger partial charge in [-0.15, -0.1) is 0 Å². The van der Waals surface area contributed by atoms with Crippen molar-refractivity contribution in [2.24, 2.45) is 0 Å². The second-order valence-electron chi connectivity index (χ2n) is 4.77. The molecule has 0 unspecified atom stereocenters. The van der Waals surface area contributed by atoms with E-state index in [9.17, 15) is 4.79 Å². The van der Waals surface area contributed by atoms with E-state index in [2.05, 4.69) is 20.6 Å². The lowest BCUT2D eigenvalue weighted by Gasteiger charge is -2.32. The highest BCUT2D eigenvalue weighted by molar-refractivity contribution is 6.30. The van der Waals surface area contributed by atoms with Crippen molar-refractivity contribution in [3.05, 3.63) is 16.7 Å². The Labute approximate surface area is 123 Å². The molecular formula is C13H21ClN4O2. The predicted molar refractivity (Wildman–Crippen MR) is 77.1 cm³/mol. The van der Waals surface area contributed by atoms with Gasteiger partial charge < -0.3 is 20.4 Å². The number of aromatic amines is 1. The molecular weight excluding hydrogens is 280 g/mol. The smallest absolute Gasteiger partial charge is 0.287 e. The highest BCUT2D eigenvalue weighted by Gasteiger charge is 2.28. The minimum Gasteiger partial charge on any atom is -0.375 e. The molecule has 1 fully saturated rings. The first-order chi connectivity index (χ1) is 9.65. The van der Waals surface area contributed by atoms with Gasteiger partial charge in [0.2, 0.25) is 0 Å². The summed E-state index contributed by atoms with van der Waals surface area (Å²) in [5.74, 6) is 0.0313. The molecule has 112 valence electrons. The fraction of sp³-hybridized carbons (Fsp3) is 0.692. The Bertz CT molecular complexity index is 461. The largest absolute Gasteiger partial charge is 0.375 e. The molecule has 1 saturated heterocycles. The molecule has 2 rings (SSSR count). The van der Waals surface area contributed by atoms with Gasteiger partial charge in [0.25, 0.3) is 5.91 Å². The van der Waals surface area contributed by atoms with Crippen molar-refractivity contribution >= 4 is 17.5 Å². The van der Waals surface area contributed by atoms with Crippen molar-refractivity contribution in [2.45, 2.75) is 38.8 Å². The molecule has 0 aliphatic carbocycles. The molecule has 0 saturated carbocycles. The zero-order chi connectivity index (χ0) is 14.5. The zero-order valence-electron chi connectivity index (χ0n) is 11.8. The molecule has 1 aromatic heterocycles. The number of H-pyrrole nitrogens is 1. The van der Waals surface area contributed by atoms with Gasteiger partial charge in [0, 0.05) is 13.2 Å². The summed E-state index contributed by atoms with van der Waals surface area (Å²) in [6.07, 6.45) is 1.53. The van der Waals surface area contributed by atoms with Crippen LogP contribution < -0.4 is 10.6 Å². The van der Waals surface area contributed by atoms with Gasteiger partial charge in [0.15, 0.2) is 5.82 Å². The summed E-state index contributed by atoms with van der Waals surface area (Å²) in [5.41, 5.74) is 0.712. The molecule has 2 heterocycles. The van der Waals surface area contributed by atoms with Gasteiger partial charge in [-0.3, -0.25) is 4.79 Å². The number of carbonyl (C=O) groups is 1. The quantitative estimate of drug-likeness (QED) is 0.761. The Hall–Kier alpha value is -1.11. The first kappa shape index (κ1) is 15.3. The van der Waals surface area contributed by atoms with E-state index in [1.165, 1.54) is 0 Å². The van der Waals surface area contributed by atoms with E-state index in [0.717, 1.165) is 19.5 Å². The van der Waals surface area contributed by atoms with Crippen molar-refractivity contribution < 1.29 is 9.53 Å². The minimum absolute atomic E-state index is 0.00217. The van der Waals surface area contributed by atoms with Gasteiger partial charge >= 0.3 is 0 Å². The number of ether oxygens (including phenoxy) is 1. The number of hydrogen-bond acceptors (Lipinski definition) is 4. The van der Waals surface area contributed by atoms with E-state index in [0.29, 0.717) is 23.9 Å². The van der Waals surface area contributed by atoms with E-state index >= 15 is 0 Å². The lowest BCUT2D eigenvalue weighted by molar-refractivity contribution is 0.0207. The third-order valence-electron chi connectivity index (χ3n) is 3.40. The number of aryl methyl sites for hydroxylation is 1. The fourth-order valence-electron chi connectivity index (χ4n) is 2.35. The molecule has 0 aromatic carbocycles. The van der Waals surface area contributed by atoms with Crippen LogP contribution in [0.25, 0.3) is 0 Å². The molecule has 0 spiro atoms. The van der Waals surface area contributed by atoms with Crippen molar-refractivity contribution in [3.8, 4) is 0 Å². The highest BCUT2D eigenvalue weighted by Crippen LogP contribution is 2.14. The molecule has 1 aromatic rings. The Kier molecular flexibility index (Phi) is 5.39. The van der Waals surface area contributed by atoms with Gasteiger partial charge in [-0.1, -0.05) is 18.5 Å². The summed E-state index contributed by atoms with van der Waals surface area (Å²) in [6, 6.07) is -0.00217. The van der Waals surface area contributed by atoms with Crippen molar-refractivity contribution in [1.82, 2.24) is 20.6 Å². The molecule has 6 nitrogen and oxygen atoms in total. The van der Waals surface area contributed by atoms with Gasteiger partial charge in [-0.25, -0.2) is 4.98 Å². The van der Waals surface area contributed by atoms with Gasteiger partial charge in [0.1, 0.15) is 5.15 Å². The van der Waals surface area contributed by atoms with Gasteiger partial charge in [0.05, 0.1) is 17.8 Å². The highest BCUT2D eigenvalue weighted by atomic mass is 35.5. The number of nitrogens with zero attached hydrogens (tertiary/aromatic N) is 1. The van der Waals surface area contributed by atoms with E-state index in [-0.39, 0.29) is 23.9 Å². The van der Waals surface area contributed by atoms with Crippen LogP contribution in [0.15, 0.2) is 0 Å². The topological polar surface area (TPSA) is 79.0 Å². The molecule has 1 aliphatic rings. The number of hydrogen-bond donors (Lipinski definition) is 3. The van der Waals surface area contributed by atoms with Crippen molar-refractivity contribution in [1.29, 1.82) is 0 Å². The maximum absolute atomic E-state index is 12.2. The number of piperidine rings is 1. The SMILES string of the molecule is CCO[C@H]1CNCC[C@H]1NC(=O)c1nc(CC)c(Cl)[nH]1. The fourth-order valence-corrected chi connectivity index (χ4v) is 2.62. The average Bonchev–Trinajstić information content (AvgIpc) is 2.82. The second kappa shape index (κ2) is 7.06. The molecule has 7 heteroatoms.